The standard InChI is InChI=1S/C21H37NO3/c1-5-7-8-15-25-18(4)12-9-11-17(3)13-14-19(10-6-2)16-20(22)21(23)24/h6,10,13-14,18,20H,5,7-9,11-12,15-16,22H2,1-4H3,(H,23,24)/b10-6-,17-13+,19-14+. The quantitative estimate of drug-likeness (QED) is 0.341. The highest BCUT2D eigenvalue weighted by Crippen LogP contribution is 2.13. The van der Waals surface area contributed by atoms with E-state index < -0.39 is 12.0 Å². The molecule has 0 aromatic rings. The molecule has 0 spiro atoms. The zero-order chi connectivity index (χ0) is 19.1. The molecule has 0 heterocycles. The number of carboxylic acids is 1. The lowest BCUT2D eigenvalue weighted by Crippen LogP contribution is -2.30. The van der Waals surface area contributed by atoms with Crippen molar-refractivity contribution in [2.45, 2.75) is 84.8 Å². The molecule has 2 atom stereocenters. The van der Waals surface area contributed by atoms with Crippen LogP contribution in [-0.2, 0) is 9.53 Å². The van der Waals surface area contributed by atoms with Gasteiger partial charge in [0.1, 0.15) is 6.04 Å². The van der Waals surface area contributed by atoms with E-state index in [0.29, 0.717) is 12.5 Å². The van der Waals surface area contributed by atoms with Crippen molar-refractivity contribution in [1.82, 2.24) is 0 Å². The summed E-state index contributed by atoms with van der Waals surface area (Å²) < 4.78 is 5.81. The summed E-state index contributed by atoms with van der Waals surface area (Å²) in [5.41, 5.74) is 7.83. The van der Waals surface area contributed by atoms with Crippen molar-refractivity contribution in [3.8, 4) is 0 Å². The lowest BCUT2D eigenvalue weighted by molar-refractivity contribution is -0.138. The third kappa shape index (κ3) is 13.6. The first-order valence-corrected chi connectivity index (χ1v) is 9.49. The first kappa shape index (κ1) is 23.6. The Morgan fingerprint density at radius 2 is 1.96 bits per heavy atom. The average molecular weight is 352 g/mol. The molecule has 0 aromatic carbocycles. The summed E-state index contributed by atoms with van der Waals surface area (Å²) in [7, 11) is 0. The zero-order valence-electron chi connectivity index (χ0n) is 16.5. The molecule has 0 aromatic heterocycles. The lowest BCUT2D eigenvalue weighted by atomic mass is 10.0. The van der Waals surface area contributed by atoms with Crippen LogP contribution in [0.3, 0.4) is 0 Å². The van der Waals surface area contributed by atoms with Gasteiger partial charge in [-0.1, -0.05) is 49.6 Å². The minimum Gasteiger partial charge on any atom is -0.480 e. The number of rotatable bonds is 14. The number of allylic oxidation sites excluding steroid dienone is 5. The Balaban J connectivity index is 4.28. The summed E-state index contributed by atoms with van der Waals surface area (Å²) in [6.07, 6.45) is 15.3. The molecule has 0 aliphatic heterocycles. The number of unbranched alkanes of at least 4 members (excludes halogenated alkanes) is 2. The van der Waals surface area contributed by atoms with Crippen molar-refractivity contribution in [2.24, 2.45) is 5.73 Å². The fraction of sp³-hybridized carbons (Fsp3) is 0.667. The van der Waals surface area contributed by atoms with Crippen molar-refractivity contribution < 1.29 is 14.6 Å². The topological polar surface area (TPSA) is 72.5 Å². The van der Waals surface area contributed by atoms with Gasteiger partial charge in [-0.15, -0.1) is 0 Å². The van der Waals surface area contributed by atoms with E-state index in [1.165, 1.54) is 18.4 Å². The molecule has 0 saturated carbocycles. The first-order valence-electron chi connectivity index (χ1n) is 9.49. The summed E-state index contributed by atoms with van der Waals surface area (Å²) >= 11 is 0. The molecule has 25 heavy (non-hydrogen) atoms. The second kappa shape index (κ2) is 14.9. The number of ether oxygens (including phenoxy) is 1. The van der Waals surface area contributed by atoms with Crippen molar-refractivity contribution in [1.29, 1.82) is 0 Å². The largest absolute Gasteiger partial charge is 0.480 e. The molecule has 0 saturated heterocycles. The fourth-order valence-corrected chi connectivity index (χ4v) is 2.47. The second-order valence-corrected chi connectivity index (χ2v) is 6.68. The molecule has 2 unspecified atom stereocenters. The van der Waals surface area contributed by atoms with Crippen LogP contribution >= 0.6 is 0 Å². The Hall–Kier alpha value is -1.39. The maximum Gasteiger partial charge on any atom is 0.320 e. The molecule has 0 aliphatic rings. The Morgan fingerprint density at radius 1 is 1.24 bits per heavy atom. The molecule has 0 rings (SSSR count). The van der Waals surface area contributed by atoms with Gasteiger partial charge in [0.2, 0.25) is 0 Å². The van der Waals surface area contributed by atoms with E-state index in [1.54, 1.807) is 0 Å². The summed E-state index contributed by atoms with van der Waals surface area (Å²) in [6.45, 7) is 9.22. The Labute approximate surface area is 153 Å². The van der Waals surface area contributed by atoms with Crippen LogP contribution in [0.15, 0.2) is 35.5 Å². The van der Waals surface area contributed by atoms with Crippen LogP contribution in [0.1, 0.15) is 72.6 Å². The maximum atomic E-state index is 10.9. The van der Waals surface area contributed by atoms with E-state index in [2.05, 4.69) is 26.8 Å². The van der Waals surface area contributed by atoms with Crippen LogP contribution in [0.4, 0.5) is 0 Å². The Morgan fingerprint density at radius 3 is 2.56 bits per heavy atom. The molecule has 4 heteroatoms. The van der Waals surface area contributed by atoms with E-state index in [4.69, 9.17) is 15.6 Å². The van der Waals surface area contributed by atoms with E-state index >= 15 is 0 Å². The maximum absolute atomic E-state index is 10.9. The molecular formula is C21H37NO3. The van der Waals surface area contributed by atoms with Gasteiger partial charge in [0, 0.05) is 6.61 Å². The first-order chi connectivity index (χ1) is 11.9. The van der Waals surface area contributed by atoms with E-state index in [9.17, 15) is 4.79 Å². The molecule has 3 N–H and O–H groups in total. The lowest BCUT2D eigenvalue weighted by Gasteiger charge is -2.12. The summed E-state index contributed by atoms with van der Waals surface area (Å²) in [6, 6.07) is -0.859. The van der Waals surface area contributed by atoms with Crippen molar-refractivity contribution in [3.63, 3.8) is 0 Å². The van der Waals surface area contributed by atoms with Crippen LogP contribution in [0.25, 0.3) is 0 Å². The summed E-state index contributed by atoms with van der Waals surface area (Å²) in [4.78, 5) is 10.9. The van der Waals surface area contributed by atoms with Gasteiger partial charge in [0.05, 0.1) is 6.10 Å². The number of hydrogen-bond acceptors (Lipinski definition) is 3. The second-order valence-electron chi connectivity index (χ2n) is 6.68. The van der Waals surface area contributed by atoms with Crippen LogP contribution in [0.5, 0.6) is 0 Å². The molecule has 0 radical (unpaired) electrons. The zero-order valence-corrected chi connectivity index (χ0v) is 16.5. The summed E-state index contributed by atoms with van der Waals surface area (Å²) in [5, 5.41) is 8.93. The van der Waals surface area contributed by atoms with Gasteiger partial charge in [-0.3, -0.25) is 4.79 Å². The van der Waals surface area contributed by atoms with Gasteiger partial charge in [-0.2, -0.15) is 0 Å². The predicted octanol–water partition coefficient (Wildman–Crippen LogP) is 5.00. The third-order valence-electron chi connectivity index (χ3n) is 4.07. The van der Waals surface area contributed by atoms with E-state index in [1.807, 2.05) is 25.2 Å². The van der Waals surface area contributed by atoms with Gasteiger partial charge < -0.3 is 15.6 Å². The van der Waals surface area contributed by atoms with Crippen LogP contribution in [0.2, 0.25) is 0 Å². The van der Waals surface area contributed by atoms with E-state index in [-0.39, 0.29) is 0 Å². The predicted molar refractivity (Wildman–Crippen MR) is 106 cm³/mol. The number of hydrogen-bond donors (Lipinski definition) is 2. The highest BCUT2D eigenvalue weighted by molar-refractivity contribution is 5.73. The van der Waals surface area contributed by atoms with Crippen molar-refractivity contribution >= 4 is 5.97 Å². The molecular weight excluding hydrogens is 314 g/mol. The summed E-state index contributed by atoms with van der Waals surface area (Å²) in [5.74, 6) is -0.968. The Bertz CT molecular complexity index is 452. The number of nitrogens with two attached hydrogens (primary N) is 1. The molecule has 144 valence electrons. The fourth-order valence-electron chi connectivity index (χ4n) is 2.47. The average Bonchev–Trinajstić information content (AvgIpc) is 2.56. The highest BCUT2D eigenvalue weighted by Gasteiger charge is 2.11. The van der Waals surface area contributed by atoms with Crippen molar-refractivity contribution in [3.05, 3.63) is 35.5 Å². The highest BCUT2D eigenvalue weighted by atomic mass is 16.5. The van der Waals surface area contributed by atoms with Gasteiger partial charge >= 0.3 is 5.97 Å². The number of carboxylic acid groups (broad SMARTS) is 1. The molecule has 4 nitrogen and oxygen atoms in total. The minimum atomic E-state index is -0.968. The number of carbonyl (C=O) groups is 1. The monoisotopic (exact) mass is 351 g/mol. The third-order valence-corrected chi connectivity index (χ3v) is 4.07. The van der Waals surface area contributed by atoms with Gasteiger partial charge in [-0.05, 0) is 58.4 Å². The molecule has 0 amide bonds. The van der Waals surface area contributed by atoms with E-state index in [0.717, 1.165) is 37.9 Å². The normalized spacial score (nSPS) is 15.6. The molecule has 0 aliphatic carbocycles. The SMILES string of the molecule is C\C=C/C(=C\C=C(/C)CCCC(C)OCCCCC)CC(N)C(=O)O. The smallest absolute Gasteiger partial charge is 0.320 e. The van der Waals surface area contributed by atoms with Crippen molar-refractivity contribution in [2.75, 3.05) is 6.61 Å². The Kier molecular flexibility index (Phi) is 14.1. The van der Waals surface area contributed by atoms with Gasteiger partial charge in [-0.25, -0.2) is 0 Å². The van der Waals surface area contributed by atoms with Crippen LogP contribution in [0, 0.1) is 0 Å². The van der Waals surface area contributed by atoms with Crippen LogP contribution in [-0.4, -0.2) is 29.8 Å². The van der Waals surface area contributed by atoms with Gasteiger partial charge in [0.25, 0.3) is 0 Å². The minimum absolute atomic E-state index is 0.312. The van der Waals surface area contributed by atoms with Gasteiger partial charge in [0.15, 0.2) is 0 Å². The number of aliphatic carboxylic acids is 1. The molecule has 0 bridgehead atoms. The van der Waals surface area contributed by atoms with Crippen LogP contribution < -0.4 is 5.73 Å². The molecule has 0 fully saturated rings.